The minimum atomic E-state index is -0.509. The van der Waals surface area contributed by atoms with E-state index in [1.54, 1.807) is 0 Å². The molecule has 0 rings (SSSR count). The second-order valence-corrected chi connectivity index (χ2v) is 8.77. The molecule has 0 N–H and O–H groups in total. The third-order valence-electron chi connectivity index (χ3n) is 4.40. The number of hydrogen-bond acceptors (Lipinski definition) is 2. The number of carbonyl (C=O) groups is 1. The lowest BCUT2D eigenvalue weighted by molar-refractivity contribution is -0.870. The first kappa shape index (κ1) is 18.4. The summed E-state index contributed by atoms with van der Waals surface area (Å²) in [5, 5.41) is 0. The van der Waals surface area contributed by atoms with Crippen molar-refractivity contribution in [2.45, 2.75) is 48.5 Å². The largest absolute Gasteiger partial charge is 0.459 e. The fraction of sp³-hybridized carbons (Fsp3) is 0.938. The van der Waals surface area contributed by atoms with E-state index in [2.05, 4.69) is 62.7 Å². The lowest BCUT2D eigenvalue weighted by atomic mass is 9.55. The van der Waals surface area contributed by atoms with E-state index in [0.29, 0.717) is 6.61 Å². The molecular weight excluding hydrogens is 238 g/mol. The van der Waals surface area contributed by atoms with Crippen molar-refractivity contribution in [3.05, 3.63) is 0 Å². The average Bonchev–Trinajstić information content (AvgIpc) is 2.10. The van der Waals surface area contributed by atoms with Crippen LogP contribution in [-0.2, 0) is 9.53 Å². The van der Waals surface area contributed by atoms with Gasteiger partial charge in [-0.25, -0.2) is 0 Å². The number of quaternary nitrogens is 1. The van der Waals surface area contributed by atoms with E-state index in [1.165, 1.54) is 0 Å². The smallest absolute Gasteiger partial charge is 0.313 e. The minimum Gasteiger partial charge on any atom is -0.459 e. The zero-order valence-electron chi connectivity index (χ0n) is 14.7. The second kappa shape index (κ2) is 5.43. The van der Waals surface area contributed by atoms with Gasteiger partial charge in [0.25, 0.3) is 0 Å². The van der Waals surface area contributed by atoms with Crippen molar-refractivity contribution in [3.8, 4) is 0 Å². The van der Waals surface area contributed by atoms with Gasteiger partial charge in [-0.05, 0) is 17.8 Å². The molecule has 0 fully saturated rings. The molecule has 19 heavy (non-hydrogen) atoms. The summed E-state index contributed by atoms with van der Waals surface area (Å²) in [6, 6.07) is 0. The number of rotatable bonds is 4. The Hall–Kier alpha value is -0.570. The van der Waals surface area contributed by atoms with E-state index < -0.39 is 5.41 Å². The molecule has 0 aromatic rings. The molecule has 0 saturated heterocycles. The zero-order chi connectivity index (χ0) is 15.7. The normalized spacial score (nSPS) is 14.4. The number of likely N-dealkylation sites (N-methyl/N-ethyl adjacent to an activating group) is 1. The fourth-order valence-corrected chi connectivity index (χ4v) is 2.29. The van der Waals surface area contributed by atoms with E-state index in [1.807, 2.05) is 6.92 Å². The number of hydrogen-bond donors (Lipinski definition) is 0. The molecule has 0 aliphatic rings. The van der Waals surface area contributed by atoms with Crippen LogP contribution < -0.4 is 0 Å². The van der Waals surface area contributed by atoms with Gasteiger partial charge in [0.15, 0.2) is 0 Å². The van der Waals surface area contributed by atoms with Gasteiger partial charge < -0.3 is 9.22 Å². The van der Waals surface area contributed by atoms with Crippen LogP contribution >= 0.6 is 0 Å². The van der Waals surface area contributed by atoms with Crippen molar-refractivity contribution < 1.29 is 14.0 Å². The van der Waals surface area contributed by atoms with E-state index in [-0.39, 0.29) is 16.8 Å². The molecule has 0 aliphatic heterocycles. The van der Waals surface area contributed by atoms with Crippen LogP contribution in [0.5, 0.6) is 0 Å². The highest BCUT2D eigenvalue weighted by molar-refractivity contribution is 5.78. The highest BCUT2D eigenvalue weighted by atomic mass is 16.5. The molecule has 0 radical (unpaired) electrons. The van der Waals surface area contributed by atoms with Crippen molar-refractivity contribution in [3.63, 3.8) is 0 Å². The third-order valence-corrected chi connectivity index (χ3v) is 4.40. The highest BCUT2D eigenvalue weighted by Gasteiger charge is 2.53. The average molecular weight is 272 g/mol. The monoisotopic (exact) mass is 272 g/mol. The van der Waals surface area contributed by atoms with Crippen LogP contribution in [0, 0.1) is 16.2 Å². The quantitative estimate of drug-likeness (QED) is 0.579. The summed E-state index contributed by atoms with van der Waals surface area (Å²) in [5.74, 6) is -0.0825. The highest BCUT2D eigenvalue weighted by Crippen LogP contribution is 2.52. The molecule has 114 valence electrons. The molecule has 0 amide bonds. The van der Waals surface area contributed by atoms with E-state index in [9.17, 15) is 4.79 Å². The van der Waals surface area contributed by atoms with Gasteiger partial charge in [-0.2, -0.15) is 0 Å². The Morgan fingerprint density at radius 1 is 0.895 bits per heavy atom. The van der Waals surface area contributed by atoms with Crippen molar-refractivity contribution >= 4 is 5.97 Å². The topological polar surface area (TPSA) is 26.3 Å². The number of nitrogens with zero attached hydrogens (tertiary/aromatic N) is 1. The molecule has 0 aromatic heterocycles. The summed E-state index contributed by atoms with van der Waals surface area (Å²) >= 11 is 0. The molecule has 3 nitrogen and oxygen atoms in total. The molecule has 0 aliphatic carbocycles. The van der Waals surface area contributed by atoms with Gasteiger partial charge in [0.1, 0.15) is 13.2 Å². The van der Waals surface area contributed by atoms with Gasteiger partial charge >= 0.3 is 5.97 Å². The molecule has 0 aromatic carbocycles. The first-order chi connectivity index (χ1) is 8.13. The second-order valence-electron chi connectivity index (χ2n) is 8.77. The predicted octanol–water partition coefficient (Wildman–Crippen LogP) is 3.33. The molecule has 0 saturated carbocycles. The lowest BCUT2D eigenvalue weighted by Gasteiger charge is -2.48. The van der Waals surface area contributed by atoms with Crippen molar-refractivity contribution in [2.24, 2.45) is 16.2 Å². The Morgan fingerprint density at radius 3 is 1.53 bits per heavy atom. The minimum absolute atomic E-state index is 0.0825. The van der Waals surface area contributed by atoms with Crippen molar-refractivity contribution in [2.75, 3.05) is 34.3 Å². The summed E-state index contributed by atoms with van der Waals surface area (Å²) in [5.41, 5.74) is -0.789. The maximum absolute atomic E-state index is 12.6. The van der Waals surface area contributed by atoms with Crippen LogP contribution in [0.1, 0.15) is 48.5 Å². The molecule has 0 atom stereocenters. The Morgan fingerprint density at radius 2 is 1.26 bits per heavy atom. The maximum atomic E-state index is 12.6. The van der Waals surface area contributed by atoms with Crippen molar-refractivity contribution in [1.29, 1.82) is 0 Å². The molecule has 0 unspecified atom stereocenters. The molecule has 0 heterocycles. The van der Waals surface area contributed by atoms with Crippen LogP contribution in [0.3, 0.4) is 0 Å². The molecule has 3 heteroatoms. The summed E-state index contributed by atoms with van der Waals surface area (Å²) < 4.78 is 6.38. The summed E-state index contributed by atoms with van der Waals surface area (Å²) in [6.45, 7) is 16.0. The number of esters is 1. The van der Waals surface area contributed by atoms with E-state index in [4.69, 9.17) is 4.74 Å². The van der Waals surface area contributed by atoms with Gasteiger partial charge in [-0.15, -0.1) is 0 Å². The molecule has 0 spiro atoms. The number of ether oxygens (including phenoxy) is 1. The summed E-state index contributed by atoms with van der Waals surface area (Å²) in [4.78, 5) is 12.6. The van der Waals surface area contributed by atoms with Crippen molar-refractivity contribution in [1.82, 2.24) is 0 Å². The van der Waals surface area contributed by atoms with Crippen LogP contribution in [0.25, 0.3) is 0 Å². The fourth-order valence-electron chi connectivity index (χ4n) is 2.29. The molecule has 0 bridgehead atoms. The predicted molar refractivity (Wildman–Crippen MR) is 80.9 cm³/mol. The standard InChI is InChI=1S/C16H34NO2/c1-14(2,3)16(7,15(4,5)6)13(18)19-12-11-17(8,9)10/h11-12H2,1-10H3/q+1. The van der Waals surface area contributed by atoms with E-state index >= 15 is 0 Å². The SMILES string of the molecule is CC(C)(C)C(C)(C(=O)OCC[N+](C)(C)C)C(C)(C)C. The van der Waals surface area contributed by atoms with Gasteiger partial charge in [0.05, 0.1) is 26.6 Å². The zero-order valence-corrected chi connectivity index (χ0v) is 14.7. The first-order valence-electron chi connectivity index (χ1n) is 7.10. The van der Waals surface area contributed by atoms with Crippen LogP contribution in [0.4, 0.5) is 0 Å². The molecular formula is C16H34NO2+. The number of carbonyl (C=O) groups excluding carboxylic acids is 1. The van der Waals surface area contributed by atoms with Crippen LogP contribution in [-0.4, -0.2) is 44.7 Å². The van der Waals surface area contributed by atoms with E-state index in [0.717, 1.165) is 11.0 Å². The summed E-state index contributed by atoms with van der Waals surface area (Å²) in [7, 11) is 6.29. The lowest BCUT2D eigenvalue weighted by Crippen LogP contribution is -2.51. The first-order valence-corrected chi connectivity index (χ1v) is 7.10. The van der Waals surface area contributed by atoms with Gasteiger partial charge in [-0.3, -0.25) is 4.79 Å². The van der Waals surface area contributed by atoms with Gasteiger partial charge in [-0.1, -0.05) is 41.5 Å². The van der Waals surface area contributed by atoms with Crippen LogP contribution in [0.2, 0.25) is 0 Å². The Balaban J connectivity index is 4.98. The summed E-state index contributed by atoms with van der Waals surface area (Å²) in [6.07, 6.45) is 0. The van der Waals surface area contributed by atoms with Crippen LogP contribution in [0.15, 0.2) is 0 Å². The van der Waals surface area contributed by atoms with Gasteiger partial charge in [0, 0.05) is 0 Å². The van der Waals surface area contributed by atoms with Gasteiger partial charge in [0.2, 0.25) is 0 Å². The Kier molecular flexibility index (Phi) is 5.27. The maximum Gasteiger partial charge on any atom is 0.313 e. The third kappa shape index (κ3) is 4.48. The Bertz CT molecular complexity index is 299. The Labute approximate surface area is 119 Å².